The van der Waals surface area contributed by atoms with Gasteiger partial charge in [0.15, 0.2) is 0 Å². The number of nitrogens with one attached hydrogen (secondary N) is 1. The quantitative estimate of drug-likeness (QED) is 0.239. The molecule has 4 aromatic carbocycles. The molecule has 1 aliphatic rings. The molecule has 43 heavy (non-hydrogen) atoms. The molecule has 4 heterocycles. The van der Waals surface area contributed by atoms with Gasteiger partial charge in [0, 0.05) is 46.3 Å². The Hall–Kier alpha value is -5.99. The average molecular weight is 552 g/mol. The van der Waals surface area contributed by atoms with Crippen molar-refractivity contribution in [1.29, 1.82) is 5.26 Å². The third-order valence-electron chi connectivity index (χ3n) is 8.14. The molecular weight excluding hydrogens is 526 g/mol. The SMILES string of the molecule is N#Cc1cc(C2=CC(c3ccc4ccccc4c3)=CC(c3ccccn3)N2)cc(-n2c3ccccc3c3cnccc32)c1. The van der Waals surface area contributed by atoms with Crippen LogP contribution in [0.5, 0.6) is 0 Å². The average Bonchev–Trinajstić information content (AvgIpc) is 3.42. The fourth-order valence-corrected chi connectivity index (χ4v) is 6.12. The van der Waals surface area contributed by atoms with Gasteiger partial charge in [0.25, 0.3) is 0 Å². The second-order valence-corrected chi connectivity index (χ2v) is 10.7. The zero-order valence-corrected chi connectivity index (χ0v) is 23.1. The van der Waals surface area contributed by atoms with Crippen LogP contribution >= 0.6 is 0 Å². The van der Waals surface area contributed by atoms with Gasteiger partial charge in [-0.15, -0.1) is 0 Å². The van der Waals surface area contributed by atoms with Crippen LogP contribution < -0.4 is 5.32 Å². The van der Waals surface area contributed by atoms with Gasteiger partial charge >= 0.3 is 0 Å². The summed E-state index contributed by atoms with van der Waals surface area (Å²) in [6.45, 7) is 0. The molecule has 8 rings (SSSR count). The number of para-hydroxylation sites is 1. The summed E-state index contributed by atoms with van der Waals surface area (Å²) in [5.41, 5.74) is 8.65. The predicted molar refractivity (Wildman–Crippen MR) is 173 cm³/mol. The molecule has 1 N–H and O–H groups in total. The molecule has 5 heteroatoms. The molecule has 3 aromatic heterocycles. The zero-order valence-electron chi connectivity index (χ0n) is 23.1. The second-order valence-electron chi connectivity index (χ2n) is 10.7. The summed E-state index contributed by atoms with van der Waals surface area (Å²) in [6.07, 6.45) is 9.96. The van der Waals surface area contributed by atoms with Crippen LogP contribution in [-0.2, 0) is 0 Å². The van der Waals surface area contributed by atoms with Gasteiger partial charge in [0.1, 0.15) is 0 Å². The lowest BCUT2D eigenvalue weighted by Crippen LogP contribution is -2.22. The van der Waals surface area contributed by atoms with E-state index in [1.54, 1.807) is 0 Å². The third-order valence-corrected chi connectivity index (χ3v) is 8.14. The first-order chi connectivity index (χ1) is 21.2. The first kappa shape index (κ1) is 24.8. The number of hydrogen-bond acceptors (Lipinski definition) is 4. The summed E-state index contributed by atoms with van der Waals surface area (Å²) in [5, 5.41) is 18.5. The highest BCUT2D eigenvalue weighted by atomic mass is 15.0. The Morgan fingerprint density at radius 1 is 0.721 bits per heavy atom. The van der Waals surface area contributed by atoms with E-state index in [0.29, 0.717) is 5.56 Å². The van der Waals surface area contributed by atoms with Crippen molar-refractivity contribution in [2.45, 2.75) is 6.04 Å². The van der Waals surface area contributed by atoms with Gasteiger partial charge in [-0.2, -0.15) is 5.26 Å². The highest BCUT2D eigenvalue weighted by Gasteiger charge is 2.21. The number of rotatable bonds is 4. The van der Waals surface area contributed by atoms with Gasteiger partial charge in [0.05, 0.1) is 34.4 Å². The van der Waals surface area contributed by atoms with Crippen LogP contribution in [0.15, 0.2) is 140 Å². The van der Waals surface area contributed by atoms with Gasteiger partial charge in [-0.25, -0.2) is 0 Å². The first-order valence-corrected chi connectivity index (χ1v) is 14.2. The van der Waals surface area contributed by atoms with Crippen LogP contribution in [-0.4, -0.2) is 14.5 Å². The number of benzene rings is 4. The molecule has 0 saturated carbocycles. The maximum atomic E-state index is 10.1. The van der Waals surface area contributed by atoms with E-state index in [4.69, 9.17) is 0 Å². The Morgan fingerprint density at radius 3 is 2.44 bits per heavy atom. The molecule has 1 aliphatic heterocycles. The predicted octanol–water partition coefficient (Wildman–Crippen LogP) is 8.37. The molecule has 7 aromatic rings. The van der Waals surface area contributed by atoms with Gasteiger partial charge in [0.2, 0.25) is 0 Å². The maximum absolute atomic E-state index is 10.1. The van der Waals surface area contributed by atoms with Crippen molar-refractivity contribution in [1.82, 2.24) is 19.9 Å². The molecule has 0 amide bonds. The lowest BCUT2D eigenvalue weighted by atomic mass is 9.93. The van der Waals surface area contributed by atoms with Crippen molar-refractivity contribution in [3.05, 3.63) is 162 Å². The molecular formula is C38H25N5. The van der Waals surface area contributed by atoms with E-state index >= 15 is 0 Å². The van der Waals surface area contributed by atoms with Gasteiger partial charge in [-0.3, -0.25) is 9.97 Å². The minimum atomic E-state index is -0.142. The molecule has 0 saturated heterocycles. The molecule has 0 bridgehead atoms. The Morgan fingerprint density at radius 2 is 1.56 bits per heavy atom. The van der Waals surface area contributed by atoms with E-state index in [1.807, 2.05) is 67.1 Å². The molecule has 5 nitrogen and oxygen atoms in total. The summed E-state index contributed by atoms with van der Waals surface area (Å²) >= 11 is 0. The number of dihydropyridines is 1. The topological polar surface area (TPSA) is 66.5 Å². The van der Waals surface area contributed by atoms with Crippen LogP contribution in [0.25, 0.3) is 49.5 Å². The number of allylic oxidation sites excluding steroid dienone is 2. The van der Waals surface area contributed by atoms with Crippen LogP contribution in [0.2, 0.25) is 0 Å². The molecule has 0 fully saturated rings. The fourth-order valence-electron chi connectivity index (χ4n) is 6.12. The standard InChI is InChI=1S/C38H25N5/c39-23-25-17-30(20-31(18-25)43-37-11-4-3-9-32(37)33-24-40-16-14-38(33)43)35-21-29(22-36(42-35)34-10-5-6-15-41-34)28-13-12-26-7-1-2-8-27(26)19-28/h1-22,24,36,42H. The highest BCUT2D eigenvalue weighted by molar-refractivity contribution is 6.09. The molecule has 0 spiro atoms. The second kappa shape index (κ2) is 10.1. The summed E-state index contributed by atoms with van der Waals surface area (Å²) in [7, 11) is 0. The summed E-state index contributed by atoms with van der Waals surface area (Å²) in [4.78, 5) is 9.06. The minimum Gasteiger partial charge on any atom is -0.373 e. The number of nitriles is 1. The van der Waals surface area contributed by atoms with E-state index < -0.39 is 0 Å². The van der Waals surface area contributed by atoms with Gasteiger partial charge in [-0.05, 0) is 82.6 Å². The summed E-state index contributed by atoms with van der Waals surface area (Å²) < 4.78 is 2.22. The van der Waals surface area contributed by atoms with E-state index in [0.717, 1.165) is 55.6 Å². The lowest BCUT2D eigenvalue weighted by molar-refractivity contribution is 0.739. The lowest BCUT2D eigenvalue weighted by Gasteiger charge is -2.25. The van der Waals surface area contributed by atoms with Crippen molar-refractivity contribution in [3.63, 3.8) is 0 Å². The van der Waals surface area contributed by atoms with Gasteiger partial charge < -0.3 is 9.88 Å². The Balaban J connectivity index is 1.32. The first-order valence-electron chi connectivity index (χ1n) is 14.2. The van der Waals surface area contributed by atoms with E-state index in [-0.39, 0.29) is 6.04 Å². The largest absolute Gasteiger partial charge is 0.373 e. The number of fused-ring (bicyclic) bond motifs is 4. The Kier molecular flexibility index (Phi) is 5.84. The van der Waals surface area contributed by atoms with Crippen molar-refractivity contribution in [2.24, 2.45) is 0 Å². The number of pyridine rings is 2. The van der Waals surface area contributed by atoms with Crippen LogP contribution in [0, 0.1) is 11.3 Å². The van der Waals surface area contributed by atoms with E-state index in [9.17, 15) is 5.26 Å². The Labute approximate surface area is 248 Å². The molecule has 1 unspecified atom stereocenters. The van der Waals surface area contributed by atoms with Crippen LogP contribution in [0.4, 0.5) is 0 Å². The maximum Gasteiger partial charge on any atom is 0.0992 e. The third kappa shape index (κ3) is 4.34. The van der Waals surface area contributed by atoms with Crippen molar-refractivity contribution >= 4 is 43.8 Å². The van der Waals surface area contributed by atoms with Crippen LogP contribution in [0.1, 0.15) is 28.4 Å². The van der Waals surface area contributed by atoms with Crippen molar-refractivity contribution in [3.8, 4) is 11.8 Å². The summed E-state index contributed by atoms with van der Waals surface area (Å²) in [6, 6.07) is 39.7. The number of nitrogens with zero attached hydrogens (tertiary/aromatic N) is 4. The van der Waals surface area contributed by atoms with E-state index in [1.165, 1.54) is 10.8 Å². The van der Waals surface area contributed by atoms with Crippen molar-refractivity contribution in [2.75, 3.05) is 0 Å². The smallest absolute Gasteiger partial charge is 0.0992 e. The molecule has 0 aliphatic carbocycles. The summed E-state index contributed by atoms with van der Waals surface area (Å²) in [5.74, 6) is 0. The van der Waals surface area contributed by atoms with Crippen LogP contribution in [0.3, 0.4) is 0 Å². The highest BCUT2D eigenvalue weighted by Crippen LogP contribution is 2.36. The minimum absolute atomic E-state index is 0.142. The Bertz CT molecular complexity index is 2230. The monoisotopic (exact) mass is 551 g/mol. The zero-order chi connectivity index (χ0) is 28.8. The van der Waals surface area contributed by atoms with Crippen molar-refractivity contribution < 1.29 is 0 Å². The number of aromatic nitrogens is 3. The molecule has 0 radical (unpaired) electrons. The normalized spacial score (nSPS) is 14.7. The fraction of sp³-hybridized carbons (Fsp3) is 0.0263. The molecule has 202 valence electrons. The van der Waals surface area contributed by atoms with E-state index in [2.05, 4.69) is 98.7 Å². The number of hydrogen-bond donors (Lipinski definition) is 1. The van der Waals surface area contributed by atoms with Gasteiger partial charge in [-0.1, -0.05) is 60.7 Å². The molecule has 1 atom stereocenters.